The number of hydrogen-bond donors (Lipinski definition) is 0. The van der Waals surface area contributed by atoms with Gasteiger partial charge in [-0.15, -0.1) is 0 Å². The molecule has 1 aliphatic rings. The highest BCUT2D eigenvalue weighted by molar-refractivity contribution is 5.53. The van der Waals surface area contributed by atoms with Crippen LogP contribution in [-0.4, -0.2) is 14.9 Å². The fourth-order valence-corrected chi connectivity index (χ4v) is 1.73. The molecule has 0 unspecified atom stereocenters. The monoisotopic (exact) mass is 217 g/mol. The summed E-state index contributed by atoms with van der Waals surface area (Å²) in [4.78, 5) is 0. The van der Waals surface area contributed by atoms with Crippen molar-refractivity contribution >= 4 is 0 Å². The Morgan fingerprint density at radius 3 is 2.81 bits per heavy atom. The maximum Gasteiger partial charge on any atom is 0.140 e. The molecule has 3 rings (SSSR count). The largest absolute Gasteiger partial charge is 0.360 e. The first-order chi connectivity index (χ1) is 7.74. The maximum absolute atomic E-state index is 5.31. The summed E-state index contributed by atoms with van der Waals surface area (Å²) in [5.74, 6) is 1.61. The molecule has 1 saturated carbocycles. The van der Waals surface area contributed by atoms with Crippen LogP contribution in [0.25, 0.3) is 11.4 Å². The Kier molecular flexibility index (Phi) is 2.09. The van der Waals surface area contributed by atoms with E-state index in [9.17, 15) is 0 Å². The van der Waals surface area contributed by atoms with Gasteiger partial charge in [-0.05, 0) is 32.8 Å². The number of aromatic nitrogens is 3. The van der Waals surface area contributed by atoms with E-state index in [1.165, 1.54) is 12.8 Å². The minimum atomic E-state index is 0.378. The van der Waals surface area contributed by atoms with E-state index in [1.807, 2.05) is 23.0 Å². The molecule has 84 valence electrons. The van der Waals surface area contributed by atoms with E-state index in [2.05, 4.69) is 24.1 Å². The second-order valence-corrected chi connectivity index (χ2v) is 4.66. The van der Waals surface area contributed by atoms with E-state index in [0.717, 1.165) is 17.1 Å². The lowest BCUT2D eigenvalue weighted by Gasteiger charge is -2.02. The summed E-state index contributed by atoms with van der Waals surface area (Å²) < 4.78 is 7.24. The van der Waals surface area contributed by atoms with Gasteiger partial charge in [0.15, 0.2) is 0 Å². The predicted octanol–water partition coefficient (Wildman–Crippen LogP) is 3.00. The smallest absolute Gasteiger partial charge is 0.140 e. The Morgan fingerprint density at radius 1 is 1.38 bits per heavy atom. The third kappa shape index (κ3) is 1.64. The molecular formula is C12H15N3O. The summed E-state index contributed by atoms with van der Waals surface area (Å²) in [6, 6.07) is 4.38. The van der Waals surface area contributed by atoms with Crippen molar-refractivity contribution in [3.05, 3.63) is 24.1 Å². The molecule has 0 atom stereocenters. The van der Waals surface area contributed by atoms with Crippen LogP contribution < -0.4 is 0 Å². The van der Waals surface area contributed by atoms with Crippen molar-refractivity contribution < 1.29 is 4.52 Å². The third-order valence-corrected chi connectivity index (χ3v) is 2.91. The highest BCUT2D eigenvalue weighted by Gasteiger charge is 2.28. The fraction of sp³-hybridized carbons (Fsp3) is 0.500. The van der Waals surface area contributed by atoms with Gasteiger partial charge in [0.2, 0.25) is 0 Å². The molecule has 2 aromatic heterocycles. The number of nitrogens with zero attached hydrogens (tertiary/aromatic N) is 3. The Morgan fingerprint density at radius 2 is 2.19 bits per heavy atom. The van der Waals surface area contributed by atoms with Gasteiger partial charge in [-0.2, -0.15) is 5.10 Å². The molecule has 0 bridgehead atoms. The lowest BCUT2D eigenvalue weighted by Crippen LogP contribution is -2.00. The van der Waals surface area contributed by atoms with Gasteiger partial charge in [0.25, 0.3) is 0 Å². The average Bonchev–Trinajstić information content (AvgIpc) is 2.83. The molecule has 0 aromatic carbocycles. The van der Waals surface area contributed by atoms with Gasteiger partial charge in [-0.3, -0.25) is 4.68 Å². The molecule has 1 aliphatic carbocycles. The molecule has 0 aliphatic heterocycles. The van der Waals surface area contributed by atoms with Gasteiger partial charge in [-0.1, -0.05) is 5.16 Å². The molecular weight excluding hydrogens is 202 g/mol. The predicted molar refractivity (Wildman–Crippen MR) is 60.1 cm³/mol. The van der Waals surface area contributed by atoms with Crippen LogP contribution in [0.3, 0.4) is 0 Å². The topological polar surface area (TPSA) is 43.9 Å². The summed E-state index contributed by atoms with van der Waals surface area (Å²) in [7, 11) is 0. The highest BCUT2D eigenvalue weighted by Crippen LogP contribution is 2.41. The maximum atomic E-state index is 5.31. The summed E-state index contributed by atoms with van der Waals surface area (Å²) in [6.07, 6.45) is 4.44. The van der Waals surface area contributed by atoms with Crippen LogP contribution in [0.2, 0.25) is 0 Å². The van der Waals surface area contributed by atoms with Gasteiger partial charge < -0.3 is 4.52 Å². The minimum absolute atomic E-state index is 0.378. The van der Waals surface area contributed by atoms with E-state index in [1.54, 1.807) is 0 Å². The average molecular weight is 217 g/mol. The van der Waals surface area contributed by atoms with Crippen LogP contribution in [0.5, 0.6) is 0 Å². The van der Waals surface area contributed by atoms with Crippen molar-refractivity contribution in [2.45, 2.75) is 38.6 Å². The minimum Gasteiger partial charge on any atom is -0.360 e. The van der Waals surface area contributed by atoms with Crippen LogP contribution in [0.15, 0.2) is 22.9 Å². The third-order valence-electron chi connectivity index (χ3n) is 2.91. The number of rotatable bonds is 3. The van der Waals surface area contributed by atoms with Crippen LogP contribution in [0.4, 0.5) is 0 Å². The van der Waals surface area contributed by atoms with Crippen LogP contribution >= 0.6 is 0 Å². The van der Waals surface area contributed by atoms with Crippen molar-refractivity contribution in [1.82, 2.24) is 14.9 Å². The van der Waals surface area contributed by atoms with Crippen LogP contribution in [0, 0.1) is 0 Å². The second-order valence-electron chi connectivity index (χ2n) is 4.66. The highest BCUT2D eigenvalue weighted by atomic mass is 16.5. The van der Waals surface area contributed by atoms with Crippen LogP contribution in [0.1, 0.15) is 44.4 Å². The molecule has 4 heteroatoms. The lowest BCUT2D eigenvalue weighted by atomic mass is 10.2. The summed E-state index contributed by atoms with van der Waals surface area (Å²) >= 11 is 0. The quantitative estimate of drug-likeness (QED) is 0.793. The molecule has 2 heterocycles. The SMILES string of the molecule is CC(C)n1ccc(-c2cc(C3CC3)on2)n1. The van der Waals surface area contributed by atoms with Crippen molar-refractivity contribution in [2.75, 3.05) is 0 Å². The second kappa shape index (κ2) is 3.47. The Balaban J connectivity index is 1.88. The standard InChI is InChI=1S/C12H15N3O/c1-8(2)15-6-5-10(13-15)11-7-12(16-14-11)9-3-4-9/h5-9H,3-4H2,1-2H3. The molecule has 0 N–H and O–H groups in total. The molecule has 0 radical (unpaired) electrons. The normalized spacial score (nSPS) is 15.9. The van der Waals surface area contributed by atoms with Gasteiger partial charge in [-0.25, -0.2) is 0 Å². The first-order valence-corrected chi connectivity index (χ1v) is 5.76. The zero-order valence-corrected chi connectivity index (χ0v) is 9.55. The summed E-state index contributed by atoms with van der Waals surface area (Å²) in [5, 5.41) is 8.54. The Bertz CT molecular complexity index is 456. The summed E-state index contributed by atoms with van der Waals surface area (Å²) in [6.45, 7) is 4.21. The summed E-state index contributed by atoms with van der Waals surface area (Å²) in [5.41, 5.74) is 1.74. The number of hydrogen-bond acceptors (Lipinski definition) is 3. The lowest BCUT2D eigenvalue weighted by molar-refractivity contribution is 0.386. The zero-order valence-electron chi connectivity index (χ0n) is 9.55. The van der Waals surface area contributed by atoms with Crippen molar-refractivity contribution in [2.24, 2.45) is 0 Å². The molecule has 0 amide bonds. The molecule has 4 nitrogen and oxygen atoms in total. The van der Waals surface area contributed by atoms with E-state index in [0.29, 0.717) is 12.0 Å². The van der Waals surface area contributed by atoms with E-state index < -0.39 is 0 Å². The van der Waals surface area contributed by atoms with Gasteiger partial charge in [0, 0.05) is 24.2 Å². The fourth-order valence-electron chi connectivity index (χ4n) is 1.73. The van der Waals surface area contributed by atoms with E-state index >= 15 is 0 Å². The molecule has 1 fully saturated rings. The van der Waals surface area contributed by atoms with Crippen molar-refractivity contribution in [3.63, 3.8) is 0 Å². The van der Waals surface area contributed by atoms with Crippen molar-refractivity contribution in [3.8, 4) is 11.4 Å². The molecule has 0 saturated heterocycles. The zero-order chi connectivity index (χ0) is 11.1. The van der Waals surface area contributed by atoms with Gasteiger partial charge >= 0.3 is 0 Å². The van der Waals surface area contributed by atoms with E-state index in [4.69, 9.17) is 4.52 Å². The van der Waals surface area contributed by atoms with Crippen LogP contribution in [-0.2, 0) is 0 Å². The molecule has 0 spiro atoms. The van der Waals surface area contributed by atoms with Crippen molar-refractivity contribution in [1.29, 1.82) is 0 Å². The Labute approximate surface area is 94.2 Å². The van der Waals surface area contributed by atoms with Gasteiger partial charge in [0.05, 0.1) is 0 Å². The first-order valence-electron chi connectivity index (χ1n) is 5.76. The van der Waals surface area contributed by atoms with E-state index in [-0.39, 0.29) is 0 Å². The molecule has 2 aromatic rings. The van der Waals surface area contributed by atoms with Gasteiger partial charge in [0.1, 0.15) is 17.1 Å². The first kappa shape index (κ1) is 9.63. The Hall–Kier alpha value is -1.58. The molecule has 16 heavy (non-hydrogen) atoms.